The predicted molar refractivity (Wildman–Crippen MR) is 83.7 cm³/mol. The minimum atomic E-state index is -0.390. The molecule has 21 heavy (non-hydrogen) atoms. The molecule has 108 valence electrons. The van der Waals surface area contributed by atoms with E-state index in [2.05, 4.69) is 17.4 Å². The van der Waals surface area contributed by atoms with E-state index in [-0.39, 0.29) is 0 Å². The van der Waals surface area contributed by atoms with Gasteiger partial charge >= 0.3 is 0 Å². The summed E-state index contributed by atoms with van der Waals surface area (Å²) in [6.45, 7) is 0.718. The van der Waals surface area contributed by atoms with Crippen LogP contribution in [0.1, 0.15) is 39.5 Å². The summed E-state index contributed by atoms with van der Waals surface area (Å²) in [7, 11) is 0. The molecule has 0 fully saturated rings. The standard InChI is InChI=1S/C17H19N3O/c18-14-5-6-15-12(9-14)4-7-16(15)20-10-11-2-1-3-13(8-11)17(19)21/h1-3,5-6,8-9,16,20H,4,7,10,18H2,(H2,19,21). The Labute approximate surface area is 124 Å². The molecule has 0 saturated carbocycles. The number of primary amides is 1. The lowest BCUT2D eigenvalue weighted by Crippen LogP contribution is -2.19. The van der Waals surface area contributed by atoms with Gasteiger partial charge in [-0.25, -0.2) is 0 Å². The lowest BCUT2D eigenvalue weighted by atomic mass is 10.1. The maximum atomic E-state index is 11.2. The lowest BCUT2D eigenvalue weighted by Gasteiger charge is -2.14. The van der Waals surface area contributed by atoms with Crippen LogP contribution in [0.2, 0.25) is 0 Å². The summed E-state index contributed by atoms with van der Waals surface area (Å²) >= 11 is 0. The van der Waals surface area contributed by atoms with Crippen LogP contribution >= 0.6 is 0 Å². The molecule has 5 N–H and O–H groups in total. The van der Waals surface area contributed by atoms with Gasteiger partial charge in [0.05, 0.1) is 0 Å². The van der Waals surface area contributed by atoms with Crippen LogP contribution in [0.25, 0.3) is 0 Å². The predicted octanol–water partition coefficient (Wildman–Crippen LogP) is 2.14. The second-order valence-electron chi connectivity index (χ2n) is 5.50. The van der Waals surface area contributed by atoms with Gasteiger partial charge in [-0.2, -0.15) is 0 Å². The molecule has 1 amide bonds. The Balaban J connectivity index is 1.70. The van der Waals surface area contributed by atoms with E-state index < -0.39 is 5.91 Å². The van der Waals surface area contributed by atoms with E-state index in [0.717, 1.165) is 30.6 Å². The number of amides is 1. The van der Waals surface area contributed by atoms with Crippen molar-refractivity contribution in [1.82, 2.24) is 5.32 Å². The fraction of sp³-hybridized carbons (Fsp3) is 0.235. The Hall–Kier alpha value is -2.33. The maximum absolute atomic E-state index is 11.2. The molecule has 4 nitrogen and oxygen atoms in total. The fourth-order valence-electron chi connectivity index (χ4n) is 2.93. The van der Waals surface area contributed by atoms with E-state index in [1.165, 1.54) is 11.1 Å². The first-order chi connectivity index (χ1) is 10.1. The number of carbonyl (C=O) groups excluding carboxylic acids is 1. The Kier molecular flexibility index (Phi) is 3.62. The molecule has 1 aliphatic carbocycles. The van der Waals surface area contributed by atoms with Crippen LogP contribution in [0.15, 0.2) is 42.5 Å². The van der Waals surface area contributed by atoms with E-state index in [0.29, 0.717) is 11.6 Å². The molecule has 0 aliphatic heterocycles. The van der Waals surface area contributed by atoms with Gasteiger partial charge in [0.25, 0.3) is 0 Å². The van der Waals surface area contributed by atoms with Crippen LogP contribution < -0.4 is 16.8 Å². The van der Waals surface area contributed by atoms with Gasteiger partial charge in [-0.3, -0.25) is 4.79 Å². The molecule has 0 heterocycles. The third kappa shape index (κ3) is 2.90. The molecule has 2 aromatic rings. The van der Waals surface area contributed by atoms with Crippen LogP contribution in [0.3, 0.4) is 0 Å². The average molecular weight is 281 g/mol. The Morgan fingerprint density at radius 3 is 2.90 bits per heavy atom. The Bertz CT molecular complexity index is 681. The molecule has 1 atom stereocenters. The Morgan fingerprint density at radius 2 is 2.10 bits per heavy atom. The van der Waals surface area contributed by atoms with Crippen molar-refractivity contribution >= 4 is 11.6 Å². The number of aryl methyl sites for hydroxylation is 1. The first-order valence-corrected chi connectivity index (χ1v) is 7.14. The lowest BCUT2D eigenvalue weighted by molar-refractivity contribution is 0.1000. The maximum Gasteiger partial charge on any atom is 0.248 e. The number of nitrogens with one attached hydrogen (secondary N) is 1. The number of anilines is 1. The van der Waals surface area contributed by atoms with Gasteiger partial charge in [-0.1, -0.05) is 18.2 Å². The summed E-state index contributed by atoms with van der Waals surface area (Å²) in [5, 5.41) is 3.55. The van der Waals surface area contributed by atoms with E-state index in [1.807, 2.05) is 24.3 Å². The second kappa shape index (κ2) is 5.58. The smallest absolute Gasteiger partial charge is 0.248 e. The van der Waals surface area contributed by atoms with Gasteiger partial charge in [-0.05, 0) is 53.8 Å². The third-order valence-electron chi connectivity index (χ3n) is 4.01. The Morgan fingerprint density at radius 1 is 1.24 bits per heavy atom. The van der Waals surface area contributed by atoms with Crippen LogP contribution in [0, 0.1) is 0 Å². The summed E-state index contributed by atoms with van der Waals surface area (Å²) in [6.07, 6.45) is 2.13. The topological polar surface area (TPSA) is 81.1 Å². The number of nitrogens with two attached hydrogens (primary N) is 2. The normalized spacial score (nSPS) is 16.7. The highest BCUT2D eigenvalue weighted by atomic mass is 16.1. The van der Waals surface area contributed by atoms with Crippen molar-refractivity contribution in [3.63, 3.8) is 0 Å². The van der Waals surface area contributed by atoms with Gasteiger partial charge in [0.1, 0.15) is 0 Å². The van der Waals surface area contributed by atoms with E-state index in [9.17, 15) is 4.79 Å². The monoisotopic (exact) mass is 281 g/mol. The van der Waals surface area contributed by atoms with Crippen molar-refractivity contribution < 1.29 is 4.79 Å². The van der Waals surface area contributed by atoms with Crippen LogP contribution in [-0.2, 0) is 13.0 Å². The number of rotatable bonds is 4. The molecule has 4 heteroatoms. The van der Waals surface area contributed by atoms with Gasteiger partial charge in [-0.15, -0.1) is 0 Å². The van der Waals surface area contributed by atoms with E-state index >= 15 is 0 Å². The van der Waals surface area contributed by atoms with Crippen LogP contribution in [0.5, 0.6) is 0 Å². The molecular weight excluding hydrogens is 262 g/mol. The molecule has 3 rings (SSSR count). The molecule has 2 aromatic carbocycles. The quantitative estimate of drug-likeness (QED) is 0.751. The van der Waals surface area contributed by atoms with Gasteiger partial charge in [0.15, 0.2) is 0 Å². The van der Waals surface area contributed by atoms with Gasteiger partial charge in [0, 0.05) is 23.8 Å². The molecule has 0 bridgehead atoms. The largest absolute Gasteiger partial charge is 0.399 e. The zero-order valence-corrected chi connectivity index (χ0v) is 11.8. The van der Waals surface area contributed by atoms with Crippen molar-refractivity contribution in [3.05, 3.63) is 64.7 Å². The molecule has 0 radical (unpaired) electrons. The van der Waals surface area contributed by atoms with Crippen molar-refractivity contribution in [1.29, 1.82) is 0 Å². The molecule has 0 saturated heterocycles. The van der Waals surface area contributed by atoms with Gasteiger partial charge < -0.3 is 16.8 Å². The molecule has 0 spiro atoms. The first-order valence-electron chi connectivity index (χ1n) is 7.14. The minimum Gasteiger partial charge on any atom is -0.399 e. The van der Waals surface area contributed by atoms with E-state index in [1.54, 1.807) is 6.07 Å². The molecule has 0 aromatic heterocycles. The minimum absolute atomic E-state index is 0.345. The van der Waals surface area contributed by atoms with Crippen LogP contribution in [-0.4, -0.2) is 5.91 Å². The summed E-state index contributed by atoms with van der Waals surface area (Å²) in [4.78, 5) is 11.2. The second-order valence-corrected chi connectivity index (χ2v) is 5.50. The van der Waals surface area contributed by atoms with Crippen molar-refractivity contribution in [2.45, 2.75) is 25.4 Å². The molecular formula is C17H19N3O. The van der Waals surface area contributed by atoms with E-state index in [4.69, 9.17) is 11.5 Å². The highest BCUT2D eigenvalue weighted by Crippen LogP contribution is 2.32. The van der Waals surface area contributed by atoms with Crippen molar-refractivity contribution in [2.24, 2.45) is 5.73 Å². The van der Waals surface area contributed by atoms with Crippen LogP contribution in [0.4, 0.5) is 5.69 Å². The first kappa shape index (κ1) is 13.6. The van der Waals surface area contributed by atoms with Gasteiger partial charge in [0.2, 0.25) is 5.91 Å². The SMILES string of the molecule is NC(=O)c1cccc(CNC2CCc3cc(N)ccc32)c1. The molecule has 1 unspecified atom stereocenters. The number of nitrogen functional groups attached to an aromatic ring is 1. The third-order valence-corrected chi connectivity index (χ3v) is 4.01. The fourth-order valence-corrected chi connectivity index (χ4v) is 2.93. The average Bonchev–Trinajstić information content (AvgIpc) is 2.87. The highest BCUT2D eigenvalue weighted by Gasteiger charge is 2.21. The highest BCUT2D eigenvalue weighted by molar-refractivity contribution is 5.92. The zero-order valence-electron chi connectivity index (χ0n) is 11.8. The number of hydrogen-bond donors (Lipinski definition) is 3. The molecule has 1 aliphatic rings. The summed E-state index contributed by atoms with van der Waals surface area (Å²) in [5.74, 6) is -0.390. The number of hydrogen-bond acceptors (Lipinski definition) is 3. The zero-order chi connectivity index (χ0) is 14.8. The number of fused-ring (bicyclic) bond motifs is 1. The summed E-state index contributed by atoms with van der Waals surface area (Å²) < 4.78 is 0. The van der Waals surface area contributed by atoms with Crippen molar-refractivity contribution in [2.75, 3.05) is 5.73 Å². The van der Waals surface area contributed by atoms with Crippen molar-refractivity contribution in [3.8, 4) is 0 Å². The summed E-state index contributed by atoms with van der Waals surface area (Å²) in [5.41, 5.74) is 16.2. The summed E-state index contributed by atoms with van der Waals surface area (Å²) in [6, 6.07) is 13.9. The number of benzene rings is 2. The number of carbonyl (C=O) groups is 1.